The van der Waals surface area contributed by atoms with E-state index < -0.39 is 6.09 Å². The van der Waals surface area contributed by atoms with Gasteiger partial charge in [-0.1, -0.05) is 37.6 Å². The second-order valence-corrected chi connectivity index (χ2v) is 4.33. The number of rotatable bonds is 7. The molecule has 1 rings (SSSR count). The molecule has 0 bridgehead atoms. The van der Waals surface area contributed by atoms with Crippen LogP contribution in [0, 0.1) is 0 Å². The summed E-state index contributed by atoms with van der Waals surface area (Å²) in [6, 6.07) is 8.83. The van der Waals surface area contributed by atoms with Gasteiger partial charge in [-0.25, -0.2) is 4.79 Å². The van der Waals surface area contributed by atoms with Crippen LogP contribution in [0.1, 0.15) is 37.4 Å². The molecule has 1 aromatic rings. The lowest BCUT2D eigenvalue weighted by Gasteiger charge is -2.14. The Bertz CT molecular complexity index is 363. The number of hydrogen-bond acceptors (Lipinski definition) is 3. The van der Waals surface area contributed by atoms with Crippen LogP contribution in [0.4, 0.5) is 4.79 Å². The maximum Gasteiger partial charge on any atom is 0.404 e. The molecule has 1 atom stereocenters. The molecule has 0 saturated heterocycles. The first-order valence-electron chi connectivity index (χ1n) is 6.38. The Morgan fingerprint density at radius 3 is 2.61 bits per heavy atom. The van der Waals surface area contributed by atoms with E-state index in [1.807, 2.05) is 0 Å². The van der Waals surface area contributed by atoms with E-state index >= 15 is 0 Å². The van der Waals surface area contributed by atoms with Crippen LogP contribution in [0.5, 0.6) is 0 Å². The lowest BCUT2D eigenvalue weighted by molar-refractivity contribution is 0.156. The number of carbonyl (C=O) groups is 1. The summed E-state index contributed by atoms with van der Waals surface area (Å²) in [5.74, 6) is 0. The topological polar surface area (TPSA) is 64.3 Å². The molecule has 0 spiro atoms. The molecular weight excluding hydrogens is 228 g/mol. The molecule has 0 aromatic heterocycles. The van der Waals surface area contributed by atoms with Crippen LogP contribution in [0.3, 0.4) is 0 Å². The predicted octanol–water partition coefficient (Wildman–Crippen LogP) is 2.39. The van der Waals surface area contributed by atoms with Crippen molar-refractivity contribution in [3.05, 3.63) is 35.4 Å². The minimum absolute atomic E-state index is 0.233. The first kappa shape index (κ1) is 14.5. The van der Waals surface area contributed by atoms with Gasteiger partial charge in [-0.05, 0) is 24.5 Å². The highest BCUT2D eigenvalue weighted by atomic mass is 16.5. The number of benzene rings is 1. The van der Waals surface area contributed by atoms with Gasteiger partial charge in [0.1, 0.15) is 6.61 Å². The van der Waals surface area contributed by atoms with Gasteiger partial charge in [0.25, 0.3) is 0 Å². The maximum absolute atomic E-state index is 10.4. The second kappa shape index (κ2) is 7.71. The molecular formula is C14H22N2O2. The van der Waals surface area contributed by atoms with Crippen molar-refractivity contribution in [1.29, 1.82) is 0 Å². The number of amides is 1. The quantitative estimate of drug-likeness (QED) is 0.730. The molecule has 18 heavy (non-hydrogen) atoms. The minimum Gasteiger partial charge on any atom is -0.448 e. The van der Waals surface area contributed by atoms with Gasteiger partial charge in [-0.15, -0.1) is 0 Å². The third-order valence-corrected chi connectivity index (χ3v) is 2.82. The molecule has 0 aliphatic rings. The second-order valence-electron chi connectivity index (χ2n) is 4.33. The van der Waals surface area contributed by atoms with Crippen LogP contribution in [-0.4, -0.2) is 19.2 Å². The van der Waals surface area contributed by atoms with Gasteiger partial charge in [0.05, 0.1) is 0 Å². The van der Waals surface area contributed by atoms with E-state index in [0.717, 1.165) is 12.8 Å². The van der Waals surface area contributed by atoms with Crippen molar-refractivity contribution in [2.75, 3.05) is 13.2 Å². The van der Waals surface area contributed by atoms with Crippen LogP contribution in [0.2, 0.25) is 0 Å². The van der Waals surface area contributed by atoms with Gasteiger partial charge in [-0.2, -0.15) is 0 Å². The number of primary amides is 1. The first-order valence-corrected chi connectivity index (χ1v) is 6.38. The standard InChI is InChI=1S/C14H22N2O2/c1-3-4-12-5-7-13(8-6-12)11(2)16-9-10-18-14(15)17/h5-8,11,16H,3-4,9-10H2,1-2H3,(H2,15,17). The summed E-state index contributed by atoms with van der Waals surface area (Å²) in [5.41, 5.74) is 7.47. The van der Waals surface area contributed by atoms with E-state index in [0.29, 0.717) is 13.2 Å². The van der Waals surface area contributed by atoms with E-state index in [1.54, 1.807) is 0 Å². The zero-order chi connectivity index (χ0) is 13.4. The van der Waals surface area contributed by atoms with E-state index in [9.17, 15) is 4.79 Å². The Kier molecular flexibility index (Phi) is 6.22. The first-order chi connectivity index (χ1) is 8.63. The largest absolute Gasteiger partial charge is 0.448 e. The van der Waals surface area contributed by atoms with Crippen LogP contribution < -0.4 is 11.1 Å². The van der Waals surface area contributed by atoms with Crippen molar-refractivity contribution in [2.45, 2.75) is 32.7 Å². The zero-order valence-electron chi connectivity index (χ0n) is 11.1. The van der Waals surface area contributed by atoms with Gasteiger partial charge >= 0.3 is 6.09 Å². The van der Waals surface area contributed by atoms with Crippen molar-refractivity contribution >= 4 is 6.09 Å². The molecule has 0 aliphatic heterocycles. The summed E-state index contributed by atoms with van der Waals surface area (Å²) < 4.78 is 4.66. The predicted molar refractivity (Wildman–Crippen MR) is 72.4 cm³/mol. The maximum atomic E-state index is 10.4. The highest BCUT2D eigenvalue weighted by molar-refractivity contribution is 5.64. The SMILES string of the molecule is CCCc1ccc(C(C)NCCOC(N)=O)cc1. The summed E-state index contributed by atoms with van der Waals surface area (Å²) in [5, 5.41) is 3.27. The van der Waals surface area contributed by atoms with Gasteiger partial charge in [-0.3, -0.25) is 0 Å². The van der Waals surface area contributed by atoms with Gasteiger partial charge in [0.15, 0.2) is 0 Å². The summed E-state index contributed by atoms with van der Waals surface area (Å²) in [6.45, 7) is 5.16. The highest BCUT2D eigenvalue weighted by Crippen LogP contribution is 2.13. The molecule has 1 aromatic carbocycles. The van der Waals surface area contributed by atoms with Crippen LogP contribution in [0.15, 0.2) is 24.3 Å². The lowest BCUT2D eigenvalue weighted by atomic mass is 10.0. The summed E-state index contributed by atoms with van der Waals surface area (Å²) in [4.78, 5) is 10.4. The zero-order valence-corrected chi connectivity index (χ0v) is 11.1. The number of nitrogens with one attached hydrogen (secondary N) is 1. The van der Waals surface area contributed by atoms with Crippen LogP contribution in [-0.2, 0) is 11.2 Å². The molecule has 3 N–H and O–H groups in total. The Balaban J connectivity index is 2.36. The van der Waals surface area contributed by atoms with Crippen molar-refractivity contribution in [1.82, 2.24) is 5.32 Å². The number of carbonyl (C=O) groups excluding carboxylic acids is 1. The molecule has 4 nitrogen and oxygen atoms in total. The molecule has 0 radical (unpaired) electrons. The fourth-order valence-corrected chi connectivity index (χ4v) is 1.81. The average molecular weight is 250 g/mol. The third-order valence-electron chi connectivity index (χ3n) is 2.82. The van der Waals surface area contributed by atoms with Crippen molar-refractivity contribution in [3.8, 4) is 0 Å². The fourth-order valence-electron chi connectivity index (χ4n) is 1.81. The number of ether oxygens (including phenoxy) is 1. The molecule has 0 fully saturated rings. The summed E-state index contributed by atoms with van der Waals surface area (Å²) in [6.07, 6.45) is 1.56. The Hall–Kier alpha value is -1.55. The van der Waals surface area contributed by atoms with Gasteiger partial charge < -0.3 is 15.8 Å². The number of nitrogens with two attached hydrogens (primary N) is 1. The Morgan fingerprint density at radius 2 is 2.06 bits per heavy atom. The highest BCUT2D eigenvalue weighted by Gasteiger charge is 2.04. The van der Waals surface area contributed by atoms with Crippen molar-refractivity contribution < 1.29 is 9.53 Å². The molecule has 1 amide bonds. The summed E-state index contributed by atoms with van der Waals surface area (Å²) >= 11 is 0. The van der Waals surface area contributed by atoms with Gasteiger partial charge in [0, 0.05) is 12.6 Å². The monoisotopic (exact) mass is 250 g/mol. The van der Waals surface area contributed by atoms with E-state index in [1.165, 1.54) is 11.1 Å². The fraction of sp³-hybridized carbons (Fsp3) is 0.500. The molecule has 0 heterocycles. The molecule has 100 valence electrons. The smallest absolute Gasteiger partial charge is 0.404 e. The Morgan fingerprint density at radius 1 is 1.39 bits per heavy atom. The van der Waals surface area contributed by atoms with Crippen molar-refractivity contribution in [2.24, 2.45) is 5.73 Å². The van der Waals surface area contributed by atoms with Crippen molar-refractivity contribution in [3.63, 3.8) is 0 Å². The van der Waals surface area contributed by atoms with Gasteiger partial charge in [0.2, 0.25) is 0 Å². The normalized spacial score (nSPS) is 12.1. The molecule has 1 unspecified atom stereocenters. The molecule has 4 heteroatoms. The number of aryl methyl sites for hydroxylation is 1. The number of hydrogen-bond donors (Lipinski definition) is 2. The third kappa shape index (κ3) is 5.19. The lowest BCUT2D eigenvalue weighted by Crippen LogP contribution is -2.25. The molecule has 0 aliphatic carbocycles. The summed E-state index contributed by atoms with van der Waals surface area (Å²) in [7, 11) is 0. The average Bonchev–Trinajstić information content (AvgIpc) is 2.35. The molecule has 0 saturated carbocycles. The van der Waals surface area contributed by atoms with E-state index in [4.69, 9.17) is 5.73 Å². The minimum atomic E-state index is -0.728. The van der Waals surface area contributed by atoms with E-state index in [-0.39, 0.29) is 6.04 Å². The van der Waals surface area contributed by atoms with Crippen LogP contribution in [0.25, 0.3) is 0 Å². The van der Waals surface area contributed by atoms with E-state index in [2.05, 4.69) is 48.2 Å². The van der Waals surface area contributed by atoms with Crippen LogP contribution >= 0.6 is 0 Å². The Labute approximate surface area is 109 Å².